The van der Waals surface area contributed by atoms with Crippen molar-refractivity contribution in [3.05, 3.63) is 94.3 Å². The summed E-state index contributed by atoms with van der Waals surface area (Å²) in [5, 5.41) is 12.5. The summed E-state index contributed by atoms with van der Waals surface area (Å²) in [5.74, 6) is -0.145. The summed E-state index contributed by atoms with van der Waals surface area (Å²) in [6, 6.07) is 15.3. The number of halogens is 1. The second kappa shape index (κ2) is 8.73. The Morgan fingerprint density at radius 2 is 1.87 bits per heavy atom. The van der Waals surface area contributed by atoms with Crippen LogP contribution in [0.3, 0.4) is 0 Å². The van der Waals surface area contributed by atoms with Crippen LogP contribution in [0, 0.1) is 13.8 Å². The van der Waals surface area contributed by atoms with Crippen molar-refractivity contribution in [3.63, 3.8) is 0 Å². The zero-order chi connectivity index (χ0) is 22.0. The van der Waals surface area contributed by atoms with E-state index in [4.69, 9.17) is 11.6 Å². The maximum Gasteiger partial charge on any atom is 0.255 e. The fraction of sp³-hybridized carbons (Fsp3) is 0.217. The first kappa shape index (κ1) is 20.8. The number of amides is 1. The molecule has 0 aliphatic heterocycles. The monoisotopic (exact) mass is 434 g/mol. The molecule has 2 heterocycles. The van der Waals surface area contributed by atoms with Gasteiger partial charge in [0, 0.05) is 10.7 Å². The minimum absolute atomic E-state index is 0.145. The van der Waals surface area contributed by atoms with Gasteiger partial charge < -0.3 is 5.32 Å². The molecule has 0 saturated carbocycles. The minimum atomic E-state index is -0.164. The molecule has 2 aromatic heterocycles. The summed E-state index contributed by atoms with van der Waals surface area (Å²) in [6.07, 6.45) is 3.14. The first-order valence-electron chi connectivity index (χ1n) is 9.97. The molecule has 158 valence electrons. The van der Waals surface area contributed by atoms with Crippen molar-refractivity contribution in [2.24, 2.45) is 0 Å². The second-order valence-electron chi connectivity index (χ2n) is 7.42. The average Bonchev–Trinajstić information content (AvgIpc) is 3.38. The molecule has 1 atom stereocenters. The fourth-order valence-corrected chi connectivity index (χ4v) is 3.77. The van der Waals surface area contributed by atoms with Crippen LogP contribution in [-0.4, -0.2) is 30.5 Å². The lowest BCUT2D eigenvalue weighted by atomic mass is 10.1. The maximum absolute atomic E-state index is 13.0. The fourth-order valence-electron chi connectivity index (χ4n) is 3.58. The highest BCUT2D eigenvalue weighted by molar-refractivity contribution is 6.31. The number of hydrogen-bond donors (Lipinski definition) is 1. The molecule has 0 radical (unpaired) electrons. The molecule has 4 rings (SSSR count). The standard InChI is InChI=1S/C23H23ClN6O/c1-15(18-8-10-20(11-9-18)30-14-25-13-26-30)27-23(31)22-16(2)28-29(17(22)3)12-19-6-4-5-7-21(19)24/h4-11,13-15H,12H2,1-3H3,(H,27,31). The van der Waals surface area contributed by atoms with E-state index in [1.807, 2.05) is 74.0 Å². The van der Waals surface area contributed by atoms with E-state index < -0.39 is 0 Å². The summed E-state index contributed by atoms with van der Waals surface area (Å²) < 4.78 is 3.51. The van der Waals surface area contributed by atoms with Crippen LogP contribution in [-0.2, 0) is 6.54 Å². The molecule has 31 heavy (non-hydrogen) atoms. The first-order valence-corrected chi connectivity index (χ1v) is 10.3. The number of benzene rings is 2. The van der Waals surface area contributed by atoms with Crippen LogP contribution in [0.4, 0.5) is 0 Å². The Morgan fingerprint density at radius 3 is 2.55 bits per heavy atom. The lowest BCUT2D eigenvalue weighted by molar-refractivity contribution is 0.0938. The van der Waals surface area contributed by atoms with E-state index in [0.717, 1.165) is 22.5 Å². The van der Waals surface area contributed by atoms with E-state index in [-0.39, 0.29) is 11.9 Å². The number of nitrogens with zero attached hydrogens (tertiary/aromatic N) is 5. The second-order valence-corrected chi connectivity index (χ2v) is 7.83. The molecular formula is C23H23ClN6O. The van der Waals surface area contributed by atoms with Crippen LogP contribution in [0.15, 0.2) is 61.2 Å². The Morgan fingerprint density at radius 1 is 1.13 bits per heavy atom. The van der Waals surface area contributed by atoms with Crippen LogP contribution in [0.5, 0.6) is 0 Å². The minimum Gasteiger partial charge on any atom is -0.345 e. The summed E-state index contributed by atoms with van der Waals surface area (Å²) in [7, 11) is 0. The van der Waals surface area contributed by atoms with Gasteiger partial charge in [-0.2, -0.15) is 10.2 Å². The van der Waals surface area contributed by atoms with Crippen molar-refractivity contribution < 1.29 is 4.79 Å². The third-order valence-corrected chi connectivity index (χ3v) is 5.68. The highest BCUT2D eigenvalue weighted by atomic mass is 35.5. The molecule has 0 aliphatic rings. The number of aromatic nitrogens is 5. The predicted molar refractivity (Wildman–Crippen MR) is 119 cm³/mol. The smallest absolute Gasteiger partial charge is 0.255 e. The highest BCUT2D eigenvalue weighted by Gasteiger charge is 2.21. The van der Waals surface area contributed by atoms with Gasteiger partial charge in [0.05, 0.1) is 29.5 Å². The van der Waals surface area contributed by atoms with Crippen molar-refractivity contribution >= 4 is 17.5 Å². The molecule has 8 heteroatoms. The molecule has 0 bridgehead atoms. The number of carbonyl (C=O) groups is 1. The number of rotatable bonds is 6. The van der Waals surface area contributed by atoms with Gasteiger partial charge >= 0.3 is 0 Å². The maximum atomic E-state index is 13.0. The third kappa shape index (κ3) is 4.36. The quantitative estimate of drug-likeness (QED) is 0.491. The normalized spacial score (nSPS) is 12.0. The number of aryl methyl sites for hydroxylation is 1. The van der Waals surface area contributed by atoms with Crippen molar-refractivity contribution in [1.29, 1.82) is 0 Å². The summed E-state index contributed by atoms with van der Waals surface area (Å²) in [6.45, 7) is 6.23. The topological polar surface area (TPSA) is 77.6 Å². The molecular weight excluding hydrogens is 412 g/mol. The van der Waals surface area contributed by atoms with Gasteiger partial charge in [0.1, 0.15) is 12.7 Å². The first-order chi connectivity index (χ1) is 14.9. The Labute approximate surface area is 185 Å². The van der Waals surface area contributed by atoms with E-state index in [0.29, 0.717) is 22.8 Å². The Kier molecular flexibility index (Phi) is 5.86. The van der Waals surface area contributed by atoms with Crippen LogP contribution >= 0.6 is 11.6 Å². The Hall–Kier alpha value is -3.45. The van der Waals surface area contributed by atoms with Crippen molar-refractivity contribution in [2.45, 2.75) is 33.4 Å². The van der Waals surface area contributed by atoms with Gasteiger partial charge in [-0.25, -0.2) is 9.67 Å². The van der Waals surface area contributed by atoms with Crippen LogP contribution < -0.4 is 5.32 Å². The average molecular weight is 435 g/mol. The van der Waals surface area contributed by atoms with Gasteiger partial charge in [-0.15, -0.1) is 0 Å². The zero-order valence-electron chi connectivity index (χ0n) is 17.6. The van der Waals surface area contributed by atoms with Crippen LogP contribution in [0.25, 0.3) is 5.69 Å². The van der Waals surface area contributed by atoms with E-state index in [9.17, 15) is 4.79 Å². The molecule has 0 saturated heterocycles. The summed E-state index contributed by atoms with van der Waals surface area (Å²) in [5.41, 5.74) is 4.96. The van der Waals surface area contributed by atoms with E-state index in [1.54, 1.807) is 11.0 Å². The predicted octanol–water partition coefficient (Wildman–Crippen LogP) is 4.27. The molecule has 1 N–H and O–H groups in total. The van der Waals surface area contributed by atoms with E-state index in [2.05, 4.69) is 20.5 Å². The van der Waals surface area contributed by atoms with Crippen LogP contribution in [0.2, 0.25) is 5.02 Å². The molecule has 1 unspecified atom stereocenters. The number of carbonyl (C=O) groups excluding carboxylic acids is 1. The van der Waals surface area contributed by atoms with Gasteiger partial charge in [0.2, 0.25) is 0 Å². The van der Waals surface area contributed by atoms with Gasteiger partial charge in [0.15, 0.2) is 0 Å². The third-order valence-electron chi connectivity index (χ3n) is 5.31. The number of nitrogens with one attached hydrogen (secondary N) is 1. The molecule has 0 aliphatic carbocycles. The highest BCUT2D eigenvalue weighted by Crippen LogP contribution is 2.21. The van der Waals surface area contributed by atoms with Crippen molar-refractivity contribution in [1.82, 2.24) is 29.9 Å². The molecule has 4 aromatic rings. The van der Waals surface area contributed by atoms with Gasteiger partial charge in [-0.1, -0.05) is 41.9 Å². The van der Waals surface area contributed by atoms with Gasteiger partial charge in [0.25, 0.3) is 5.91 Å². The molecule has 0 fully saturated rings. The Balaban J connectivity index is 1.49. The van der Waals surface area contributed by atoms with E-state index >= 15 is 0 Å². The molecule has 1 amide bonds. The number of hydrogen-bond acceptors (Lipinski definition) is 4. The summed E-state index contributed by atoms with van der Waals surface area (Å²) >= 11 is 6.29. The van der Waals surface area contributed by atoms with Gasteiger partial charge in [-0.05, 0) is 50.1 Å². The van der Waals surface area contributed by atoms with Gasteiger partial charge in [-0.3, -0.25) is 9.48 Å². The van der Waals surface area contributed by atoms with Crippen LogP contribution in [0.1, 0.15) is 45.8 Å². The SMILES string of the molecule is Cc1nn(Cc2ccccc2Cl)c(C)c1C(=O)NC(C)c1ccc(-n2cncn2)cc1. The van der Waals surface area contributed by atoms with Crippen molar-refractivity contribution in [2.75, 3.05) is 0 Å². The molecule has 7 nitrogen and oxygen atoms in total. The lowest BCUT2D eigenvalue weighted by Gasteiger charge is -2.15. The van der Waals surface area contributed by atoms with Crippen molar-refractivity contribution in [3.8, 4) is 5.69 Å². The summed E-state index contributed by atoms with van der Waals surface area (Å²) in [4.78, 5) is 17.0. The van der Waals surface area contributed by atoms with E-state index in [1.165, 1.54) is 6.33 Å². The largest absolute Gasteiger partial charge is 0.345 e. The lowest BCUT2D eigenvalue weighted by Crippen LogP contribution is -2.27. The Bertz CT molecular complexity index is 1200. The zero-order valence-corrected chi connectivity index (χ0v) is 18.3. The molecule has 0 spiro atoms. The molecule has 2 aromatic carbocycles.